The number of hydrogen-bond donors (Lipinski definition) is 1. The molecule has 0 aliphatic carbocycles. The van der Waals surface area contributed by atoms with Crippen molar-refractivity contribution in [3.05, 3.63) is 65.7 Å². The zero-order chi connectivity index (χ0) is 13.5. The van der Waals surface area contributed by atoms with Gasteiger partial charge in [0.15, 0.2) is 0 Å². The van der Waals surface area contributed by atoms with Gasteiger partial charge in [-0.3, -0.25) is 0 Å². The second-order valence-corrected chi connectivity index (χ2v) is 6.00. The first kappa shape index (κ1) is 14.2. The summed E-state index contributed by atoms with van der Waals surface area (Å²) in [7, 11) is 0. The third-order valence-electron chi connectivity index (χ3n) is 3.13. The van der Waals surface area contributed by atoms with E-state index in [1.165, 1.54) is 16.0 Å². The van der Waals surface area contributed by atoms with Gasteiger partial charge in [0, 0.05) is 16.7 Å². The molecule has 1 atom stereocenters. The van der Waals surface area contributed by atoms with Crippen molar-refractivity contribution in [2.45, 2.75) is 30.7 Å². The zero-order valence-electron chi connectivity index (χ0n) is 11.4. The molecule has 0 fully saturated rings. The lowest BCUT2D eigenvalue weighted by atomic mass is 10.1. The molecule has 19 heavy (non-hydrogen) atoms. The molecule has 0 amide bonds. The zero-order valence-corrected chi connectivity index (χ0v) is 12.2. The molecule has 2 heteroatoms. The van der Waals surface area contributed by atoms with Crippen molar-refractivity contribution in [2.24, 2.45) is 5.73 Å². The van der Waals surface area contributed by atoms with Crippen LogP contribution in [-0.4, -0.2) is 11.8 Å². The van der Waals surface area contributed by atoms with E-state index in [0.29, 0.717) is 0 Å². The predicted octanol–water partition coefficient (Wildman–Crippen LogP) is 4.05. The standard InChI is InChI=1S/C17H21NS/c1-14-7-11-17(12-8-14)19-13-16(18)10-9-15-5-3-2-4-6-15/h2-8,11-12,16H,9-10,13,18H2,1H3. The van der Waals surface area contributed by atoms with Gasteiger partial charge in [-0.05, 0) is 37.5 Å². The summed E-state index contributed by atoms with van der Waals surface area (Å²) < 4.78 is 0. The molecule has 0 saturated carbocycles. The lowest BCUT2D eigenvalue weighted by Gasteiger charge is -2.11. The van der Waals surface area contributed by atoms with Crippen LogP contribution in [0.5, 0.6) is 0 Å². The predicted molar refractivity (Wildman–Crippen MR) is 84.6 cm³/mol. The highest BCUT2D eigenvalue weighted by Crippen LogP contribution is 2.19. The Balaban J connectivity index is 1.72. The van der Waals surface area contributed by atoms with Crippen molar-refractivity contribution in [1.29, 1.82) is 0 Å². The normalized spacial score (nSPS) is 12.3. The number of hydrogen-bond acceptors (Lipinski definition) is 2. The Kier molecular flexibility index (Phi) is 5.49. The van der Waals surface area contributed by atoms with E-state index in [9.17, 15) is 0 Å². The van der Waals surface area contributed by atoms with Gasteiger partial charge in [-0.15, -0.1) is 11.8 Å². The van der Waals surface area contributed by atoms with E-state index in [2.05, 4.69) is 61.5 Å². The first-order valence-corrected chi connectivity index (χ1v) is 7.71. The molecule has 2 aromatic carbocycles. The molecule has 0 saturated heterocycles. The van der Waals surface area contributed by atoms with E-state index in [4.69, 9.17) is 5.73 Å². The van der Waals surface area contributed by atoms with Crippen LogP contribution in [0.25, 0.3) is 0 Å². The molecule has 2 N–H and O–H groups in total. The summed E-state index contributed by atoms with van der Waals surface area (Å²) in [5.74, 6) is 0.982. The van der Waals surface area contributed by atoms with Gasteiger partial charge in [0.2, 0.25) is 0 Å². The average Bonchev–Trinajstić information content (AvgIpc) is 2.45. The molecule has 0 radical (unpaired) electrons. The third kappa shape index (κ3) is 5.09. The van der Waals surface area contributed by atoms with Gasteiger partial charge < -0.3 is 5.73 Å². The van der Waals surface area contributed by atoms with E-state index < -0.39 is 0 Å². The van der Waals surface area contributed by atoms with Crippen molar-refractivity contribution in [2.75, 3.05) is 5.75 Å². The summed E-state index contributed by atoms with van der Waals surface area (Å²) in [5.41, 5.74) is 8.86. The number of nitrogens with two attached hydrogens (primary N) is 1. The van der Waals surface area contributed by atoms with Gasteiger partial charge in [0.25, 0.3) is 0 Å². The smallest absolute Gasteiger partial charge is 0.0137 e. The van der Waals surface area contributed by atoms with E-state index in [1.807, 2.05) is 11.8 Å². The van der Waals surface area contributed by atoms with Crippen LogP contribution in [0.3, 0.4) is 0 Å². The Morgan fingerprint density at radius 1 is 1.00 bits per heavy atom. The Morgan fingerprint density at radius 3 is 2.37 bits per heavy atom. The third-order valence-corrected chi connectivity index (χ3v) is 4.33. The number of benzene rings is 2. The monoisotopic (exact) mass is 271 g/mol. The molecule has 1 unspecified atom stereocenters. The maximum absolute atomic E-state index is 6.18. The van der Waals surface area contributed by atoms with Crippen LogP contribution in [0.15, 0.2) is 59.5 Å². The van der Waals surface area contributed by atoms with E-state index in [1.54, 1.807) is 0 Å². The molecule has 100 valence electrons. The van der Waals surface area contributed by atoms with E-state index >= 15 is 0 Å². The molecule has 0 aromatic heterocycles. The summed E-state index contributed by atoms with van der Waals surface area (Å²) in [6.45, 7) is 2.11. The molecule has 0 spiro atoms. The molecule has 2 aromatic rings. The second kappa shape index (κ2) is 7.37. The first-order chi connectivity index (χ1) is 9.24. The van der Waals surface area contributed by atoms with E-state index in [0.717, 1.165) is 18.6 Å². The Morgan fingerprint density at radius 2 is 1.68 bits per heavy atom. The minimum Gasteiger partial charge on any atom is -0.327 e. The number of aryl methyl sites for hydroxylation is 2. The van der Waals surface area contributed by atoms with Gasteiger partial charge in [-0.2, -0.15) is 0 Å². The number of thioether (sulfide) groups is 1. The van der Waals surface area contributed by atoms with Gasteiger partial charge >= 0.3 is 0 Å². The molecule has 0 bridgehead atoms. The van der Waals surface area contributed by atoms with Crippen molar-refractivity contribution >= 4 is 11.8 Å². The van der Waals surface area contributed by atoms with Gasteiger partial charge in [-0.25, -0.2) is 0 Å². The lowest BCUT2D eigenvalue weighted by Crippen LogP contribution is -2.23. The van der Waals surface area contributed by atoms with Crippen LogP contribution < -0.4 is 5.73 Å². The van der Waals surface area contributed by atoms with Crippen molar-refractivity contribution in [1.82, 2.24) is 0 Å². The minimum atomic E-state index is 0.256. The maximum Gasteiger partial charge on any atom is 0.0137 e. The molecule has 2 rings (SSSR count). The molecular formula is C17H21NS. The van der Waals surface area contributed by atoms with Gasteiger partial charge in [0.05, 0.1) is 0 Å². The highest BCUT2D eigenvalue weighted by molar-refractivity contribution is 7.99. The van der Waals surface area contributed by atoms with Crippen LogP contribution >= 0.6 is 11.8 Å². The second-order valence-electron chi connectivity index (χ2n) is 4.91. The number of rotatable bonds is 6. The molecule has 0 aliphatic rings. The van der Waals surface area contributed by atoms with Crippen molar-refractivity contribution in [3.63, 3.8) is 0 Å². The summed E-state index contributed by atoms with van der Waals surface area (Å²) in [6, 6.07) is 19.5. The van der Waals surface area contributed by atoms with Crippen LogP contribution in [0.4, 0.5) is 0 Å². The van der Waals surface area contributed by atoms with Crippen molar-refractivity contribution < 1.29 is 0 Å². The fraction of sp³-hybridized carbons (Fsp3) is 0.294. The summed E-state index contributed by atoms with van der Waals surface area (Å²) in [6.07, 6.45) is 2.11. The van der Waals surface area contributed by atoms with Crippen LogP contribution in [-0.2, 0) is 6.42 Å². The molecule has 0 heterocycles. The lowest BCUT2D eigenvalue weighted by molar-refractivity contribution is 0.674. The molecule has 1 nitrogen and oxygen atoms in total. The highest BCUT2D eigenvalue weighted by Gasteiger charge is 2.04. The van der Waals surface area contributed by atoms with Gasteiger partial charge in [-0.1, -0.05) is 48.0 Å². The quantitative estimate of drug-likeness (QED) is 0.802. The maximum atomic E-state index is 6.18. The summed E-state index contributed by atoms with van der Waals surface area (Å²) >= 11 is 1.85. The first-order valence-electron chi connectivity index (χ1n) is 6.73. The Hall–Kier alpha value is -1.25. The molecular weight excluding hydrogens is 250 g/mol. The Bertz CT molecular complexity index is 478. The van der Waals surface area contributed by atoms with E-state index in [-0.39, 0.29) is 6.04 Å². The highest BCUT2D eigenvalue weighted by atomic mass is 32.2. The largest absolute Gasteiger partial charge is 0.327 e. The van der Waals surface area contributed by atoms with Crippen LogP contribution in [0, 0.1) is 6.92 Å². The average molecular weight is 271 g/mol. The fourth-order valence-corrected chi connectivity index (χ4v) is 2.82. The topological polar surface area (TPSA) is 26.0 Å². The summed E-state index contributed by atoms with van der Waals surface area (Å²) in [4.78, 5) is 1.31. The van der Waals surface area contributed by atoms with Crippen LogP contribution in [0.1, 0.15) is 17.5 Å². The SMILES string of the molecule is Cc1ccc(SCC(N)CCc2ccccc2)cc1. The van der Waals surface area contributed by atoms with Gasteiger partial charge in [0.1, 0.15) is 0 Å². The minimum absolute atomic E-state index is 0.256. The molecule has 0 aliphatic heterocycles. The van der Waals surface area contributed by atoms with Crippen molar-refractivity contribution in [3.8, 4) is 0 Å². The fourth-order valence-electron chi connectivity index (χ4n) is 1.92. The Labute approximate surface area is 120 Å². The summed E-state index contributed by atoms with van der Waals surface area (Å²) in [5, 5.41) is 0. The van der Waals surface area contributed by atoms with Crippen LogP contribution in [0.2, 0.25) is 0 Å².